The molecule has 0 radical (unpaired) electrons. The second-order valence-electron chi connectivity index (χ2n) is 5.34. The van der Waals surface area contributed by atoms with Crippen molar-refractivity contribution in [3.05, 3.63) is 59.7 Å². The Labute approximate surface area is 136 Å². The lowest BCUT2D eigenvalue weighted by atomic mass is 10.1. The SMILES string of the molecule is CCCCNc1ccnc(C(=O)NCCc2ccc(F)cc2)c1. The Balaban J connectivity index is 1.82. The van der Waals surface area contributed by atoms with E-state index in [1.807, 2.05) is 6.07 Å². The maximum Gasteiger partial charge on any atom is 0.269 e. The predicted octanol–water partition coefficient (Wildman–Crippen LogP) is 3.41. The van der Waals surface area contributed by atoms with Crippen LogP contribution >= 0.6 is 0 Å². The topological polar surface area (TPSA) is 54.0 Å². The number of carbonyl (C=O) groups is 1. The first kappa shape index (κ1) is 16.9. The Morgan fingerprint density at radius 1 is 1.17 bits per heavy atom. The van der Waals surface area contributed by atoms with Crippen molar-refractivity contribution in [1.29, 1.82) is 0 Å². The first-order chi connectivity index (χ1) is 11.2. The standard InChI is InChI=1S/C18H22FN3O/c1-2-3-10-20-16-9-12-21-17(13-16)18(23)22-11-8-14-4-6-15(19)7-5-14/h4-7,9,12-13H,2-3,8,10-11H2,1H3,(H,20,21)(H,22,23). The number of rotatable bonds is 8. The van der Waals surface area contributed by atoms with Gasteiger partial charge in [0.15, 0.2) is 0 Å². The van der Waals surface area contributed by atoms with Crippen LogP contribution in [0.3, 0.4) is 0 Å². The van der Waals surface area contributed by atoms with Gasteiger partial charge in [0.05, 0.1) is 0 Å². The third-order valence-electron chi connectivity index (χ3n) is 3.46. The van der Waals surface area contributed by atoms with Crippen LogP contribution in [0.5, 0.6) is 0 Å². The monoisotopic (exact) mass is 315 g/mol. The zero-order valence-corrected chi connectivity index (χ0v) is 13.3. The van der Waals surface area contributed by atoms with E-state index in [1.165, 1.54) is 12.1 Å². The van der Waals surface area contributed by atoms with Gasteiger partial charge in [0.2, 0.25) is 0 Å². The van der Waals surface area contributed by atoms with E-state index in [-0.39, 0.29) is 11.7 Å². The van der Waals surface area contributed by atoms with Crippen molar-refractivity contribution in [2.75, 3.05) is 18.4 Å². The average Bonchev–Trinajstić information content (AvgIpc) is 2.57. The van der Waals surface area contributed by atoms with E-state index in [4.69, 9.17) is 0 Å². The molecule has 0 saturated carbocycles. The molecule has 1 heterocycles. The van der Waals surface area contributed by atoms with Crippen LogP contribution in [-0.2, 0) is 6.42 Å². The molecule has 1 amide bonds. The van der Waals surface area contributed by atoms with Crippen LogP contribution in [0, 0.1) is 5.82 Å². The minimum absolute atomic E-state index is 0.203. The number of benzene rings is 1. The number of hydrogen-bond acceptors (Lipinski definition) is 3. The number of anilines is 1. The number of carbonyl (C=O) groups excluding carboxylic acids is 1. The zero-order chi connectivity index (χ0) is 16.5. The molecule has 2 aromatic rings. The number of nitrogens with zero attached hydrogens (tertiary/aromatic N) is 1. The molecule has 0 spiro atoms. The molecule has 122 valence electrons. The van der Waals surface area contributed by atoms with E-state index >= 15 is 0 Å². The van der Waals surface area contributed by atoms with E-state index in [2.05, 4.69) is 22.5 Å². The quantitative estimate of drug-likeness (QED) is 0.734. The fourth-order valence-corrected chi connectivity index (χ4v) is 2.14. The maximum atomic E-state index is 12.8. The van der Waals surface area contributed by atoms with Crippen molar-refractivity contribution in [2.24, 2.45) is 0 Å². The Bertz CT molecular complexity index is 628. The number of halogens is 1. The molecule has 0 fully saturated rings. The smallest absolute Gasteiger partial charge is 0.269 e. The summed E-state index contributed by atoms with van der Waals surface area (Å²) in [6.45, 7) is 3.50. The minimum atomic E-state index is -0.255. The van der Waals surface area contributed by atoms with Crippen LogP contribution < -0.4 is 10.6 Å². The number of aromatic nitrogens is 1. The highest BCUT2D eigenvalue weighted by molar-refractivity contribution is 5.93. The Hall–Kier alpha value is -2.43. The Morgan fingerprint density at radius 2 is 1.96 bits per heavy atom. The van der Waals surface area contributed by atoms with Crippen LogP contribution in [-0.4, -0.2) is 24.0 Å². The lowest BCUT2D eigenvalue weighted by Gasteiger charge is -2.08. The summed E-state index contributed by atoms with van der Waals surface area (Å²) >= 11 is 0. The third kappa shape index (κ3) is 5.70. The first-order valence-corrected chi connectivity index (χ1v) is 7.91. The Kier molecular flexibility index (Phi) is 6.54. The molecule has 5 heteroatoms. The van der Waals surface area contributed by atoms with Crippen molar-refractivity contribution in [1.82, 2.24) is 10.3 Å². The fourth-order valence-electron chi connectivity index (χ4n) is 2.14. The highest BCUT2D eigenvalue weighted by atomic mass is 19.1. The van der Waals surface area contributed by atoms with Crippen molar-refractivity contribution >= 4 is 11.6 Å². The summed E-state index contributed by atoms with van der Waals surface area (Å²) in [4.78, 5) is 16.2. The van der Waals surface area contributed by atoms with E-state index < -0.39 is 0 Å². The first-order valence-electron chi connectivity index (χ1n) is 7.91. The van der Waals surface area contributed by atoms with Crippen molar-refractivity contribution in [2.45, 2.75) is 26.2 Å². The summed E-state index contributed by atoms with van der Waals surface area (Å²) in [5.74, 6) is -0.458. The van der Waals surface area contributed by atoms with Crippen molar-refractivity contribution in [3.8, 4) is 0 Å². The van der Waals surface area contributed by atoms with Crippen LogP contribution in [0.15, 0.2) is 42.6 Å². The number of hydrogen-bond donors (Lipinski definition) is 2. The van der Waals surface area contributed by atoms with Crippen LogP contribution in [0.2, 0.25) is 0 Å². The molecular formula is C18H22FN3O. The average molecular weight is 315 g/mol. The molecule has 0 saturated heterocycles. The maximum absolute atomic E-state index is 12.8. The summed E-state index contributed by atoms with van der Waals surface area (Å²) in [5.41, 5.74) is 2.28. The molecule has 0 bridgehead atoms. The molecule has 1 aromatic carbocycles. The summed E-state index contributed by atoms with van der Waals surface area (Å²) in [6.07, 6.45) is 4.49. The third-order valence-corrected chi connectivity index (χ3v) is 3.46. The van der Waals surface area contributed by atoms with Crippen molar-refractivity contribution in [3.63, 3.8) is 0 Å². The van der Waals surface area contributed by atoms with Gasteiger partial charge in [0.25, 0.3) is 5.91 Å². The van der Waals surface area contributed by atoms with Gasteiger partial charge in [-0.1, -0.05) is 25.5 Å². The van der Waals surface area contributed by atoms with Crippen LogP contribution in [0.4, 0.5) is 10.1 Å². The molecule has 4 nitrogen and oxygen atoms in total. The number of amides is 1. The Morgan fingerprint density at radius 3 is 2.70 bits per heavy atom. The van der Waals surface area contributed by atoms with Gasteiger partial charge < -0.3 is 10.6 Å². The summed E-state index contributed by atoms with van der Waals surface area (Å²) in [7, 11) is 0. The van der Waals surface area contributed by atoms with Crippen LogP contribution in [0.25, 0.3) is 0 Å². The fraction of sp³-hybridized carbons (Fsp3) is 0.333. The summed E-state index contributed by atoms with van der Waals surface area (Å²) in [5, 5.41) is 6.11. The zero-order valence-electron chi connectivity index (χ0n) is 13.3. The molecule has 2 N–H and O–H groups in total. The van der Waals surface area contributed by atoms with Gasteiger partial charge in [-0.3, -0.25) is 9.78 Å². The van der Waals surface area contributed by atoms with Gasteiger partial charge in [0, 0.05) is 25.0 Å². The molecule has 0 unspecified atom stereocenters. The molecule has 0 aliphatic heterocycles. The second-order valence-corrected chi connectivity index (χ2v) is 5.34. The van der Waals surface area contributed by atoms with Gasteiger partial charge in [-0.15, -0.1) is 0 Å². The second kappa shape index (κ2) is 8.88. The van der Waals surface area contributed by atoms with E-state index in [0.29, 0.717) is 18.7 Å². The number of unbranched alkanes of at least 4 members (excludes halogenated alkanes) is 1. The van der Waals surface area contributed by atoms with E-state index in [0.717, 1.165) is 30.6 Å². The predicted molar refractivity (Wildman–Crippen MR) is 90.1 cm³/mol. The number of nitrogens with one attached hydrogen (secondary N) is 2. The summed E-state index contributed by atoms with van der Waals surface area (Å²) in [6, 6.07) is 9.89. The molecule has 0 atom stereocenters. The number of pyridine rings is 1. The highest BCUT2D eigenvalue weighted by Gasteiger charge is 2.07. The lowest BCUT2D eigenvalue weighted by Crippen LogP contribution is -2.26. The molecular weight excluding hydrogens is 293 g/mol. The lowest BCUT2D eigenvalue weighted by molar-refractivity contribution is 0.0949. The molecule has 2 rings (SSSR count). The van der Waals surface area contributed by atoms with E-state index in [9.17, 15) is 9.18 Å². The largest absolute Gasteiger partial charge is 0.385 e. The van der Waals surface area contributed by atoms with Crippen LogP contribution in [0.1, 0.15) is 35.8 Å². The molecule has 23 heavy (non-hydrogen) atoms. The molecule has 0 aliphatic carbocycles. The van der Waals surface area contributed by atoms with E-state index in [1.54, 1.807) is 24.4 Å². The highest BCUT2D eigenvalue weighted by Crippen LogP contribution is 2.08. The molecule has 1 aromatic heterocycles. The van der Waals surface area contributed by atoms with Gasteiger partial charge in [0.1, 0.15) is 11.5 Å². The van der Waals surface area contributed by atoms with Crippen molar-refractivity contribution < 1.29 is 9.18 Å². The van der Waals surface area contributed by atoms with Gasteiger partial charge in [-0.2, -0.15) is 0 Å². The molecule has 0 aliphatic rings. The minimum Gasteiger partial charge on any atom is -0.385 e. The normalized spacial score (nSPS) is 10.3. The van der Waals surface area contributed by atoms with Gasteiger partial charge in [-0.25, -0.2) is 4.39 Å². The van der Waals surface area contributed by atoms with Gasteiger partial charge in [-0.05, 0) is 42.7 Å². The van der Waals surface area contributed by atoms with Gasteiger partial charge >= 0.3 is 0 Å². The summed E-state index contributed by atoms with van der Waals surface area (Å²) < 4.78 is 12.8.